The number of rotatable bonds is 5. The fraction of sp³-hybridized carbons (Fsp3) is 0.579. The van der Waals surface area contributed by atoms with Gasteiger partial charge in [-0.2, -0.15) is 0 Å². The van der Waals surface area contributed by atoms with Gasteiger partial charge in [-0.1, -0.05) is 30.3 Å². The highest BCUT2D eigenvalue weighted by Gasteiger charge is 2.49. The van der Waals surface area contributed by atoms with Crippen LogP contribution in [0.15, 0.2) is 30.3 Å². The van der Waals surface area contributed by atoms with Crippen molar-refractivity contribution in [3.05, 3.63) is 35.9 Å². The van der Waals surface area contributed by atoms with Crippen LogP contribution < -0.4 is 0 Å². The zero-order valence-electron chi connectivity index (χ0n) is 15.5. The van der Waals surface area contributed by atoms with Crippen LogP contribution in [0.5, 0.6) is 0 Å². The predicted octanol–water partition coefficient (Wildman–Crippen LogP) is 3.14. The second-order valence-electron chi connectivity index (χ2n) is 7.57. The summed E-state index contributed by atoms with van der Waals surface area (Å²) in [5.74, 6) is 0. The van der Waals surface area contributed by atoms with Gasteiger partial charge in [0.25, 0.3) is 0 Å². The van der Waals surface area contributed by atoms with E-state index in [2.05, 4.69) is 0 Å². The highest BCUT2D eigenvalue weighted by Crippen LogP contribution is 2.31. The largest absolute Gasteiger partial charge is 0.444 e. The van der Waals surface area contributed by atoms with Crippen molar-refractivity contribution in [3.63, 3.8) is 0 Å². The molecule has 138 valence electrons. The molecule has 0 spiro atoms. The fourth-order valence-corrected chi connectivity index (χ4v) is 2.75. The van der Waals surface area contributed by atoms with Crippen molar-refractivity contribution < 1.29 is 23.8 Å². The summed E-state index contributed by atoms with van der Waals surface area (Å²) in [4.78, 5) is 25.7. The molecule has 6 nitrogen and oxygen atoms in total. The Bertz CT molecular complexity index is 594. The number of ether oxygens (including phenoxy) is 3. The minimum absolute atomic E-state index is 0.213. The van der Waals surface area contributed by atoms with Gasteiger partial charge in [-0.15, -0.1) is 0 Å². The molecule has 1 heterocycles. The monoisotopic (exact) mass is 349 g/mol. The number of benzene rings is 1. The highest BCUT2D eigenvalue weighted by atomic mass is 16.6. The molecule has 0 unspecified atom stereocenters. The number of nitrogens with zero attached hydrogens (tertiary/aromatic N) is 1. The molecule has 0 aliphatic carbocycles. The molecule has 6 heteroatoms. The molecule has 1 aromatic rings. The Morgan fingerprint density at radius 1 is 1.36 bits per heavy atom. The second-order valence-corrected chi connectivity index (χ2v) is 7.57. The van der Waals surface area contributed by atoms with Crippen molar-refractivity contribution in [2.75, 3.05) is 6.61 Å². The first kappa shape index (κ1) is 19.4. The van der Waals surface area contributed by atoms with E-state index in [9.17, 15) is 9.59 Å². The molecule has 1 fully saturated rings. The Balaban J connectivity index is 2.12. The second kappa shape index (κ2) is 7.54. The number of aldehydes is 1. The minimum Gasteiger partial charge on any atom is -0.444 e. The molecule has 25 heavy (non-hydrogen) atoms. The fourth-order valence-electron chi connectivity index (χ4n) is 2.75. The molecule has 2 rings (SSSR count). The summed E-state index contributed by atoms with van der Waals surface area (Å²) in [7, 11) is 0. The lowest BCUT2D eigenvalue weighted by atomic mass is 10.1. The maximum atomic E-state index is 12.6. The van der Waals surface area contributed by atoms with E-state index in [0.717, 1.165) is 11.8 Å². The van der Waals surface area contributed by atoms with Crippen LogP contribution in [-0.4, -0.2) is 47.4 Å². The number of hydrogen-bond acceptors (Lipinski definition) is 5. The zero-order chi connectivity index (χ0) is 18.7. The lowest BCUT2D eigenvalue weighted by molar-refractivity contribution is -0.123. The van der Waals surface area contributed by atoms with Crippen LogP contribution in [0.3, 0.4) is 0 Å². The summed E-state index contributed by atoms with van der Waals surface area (Å²) in [6, 6.07) is 9.03. The third kappa shape index (κ3) is 5.03. The highest BCUT2D eigenvalue weighted by molar-refractivity contribution is 5.71. The van der Waals surface area contributed by atoms with E-state index in [0.29, 0.717) is 0 Å². The van der Waals surface area contributed by atoms with Crippen LogP contribution in [-0.2, 0) is 25.6 Å². The molecule has 1 amide bonds. The van der Waals surface area contributed by atoms with Crippen LogP contribution in [0, 0.1) is 0 Å². The Labute approximate surface area is 149 Å². The van der Waals surface area contributed by atoms with Crippen LogP contribution in [0.2, 0.25) is 0 Å². The average molecular weight is 349 g/mol. The normalized spacial score (nSPS) is 21.0. The first-order chi connectivity index (χ1) is 11.6. The zero-order valence-corrected chi connectivity index (χ0v) is 15.5. The molecule has 0 radical (unpaired) electrons. The minimum atomic E-state index is -0.871. The SMILES string of the molecule is CC(C)(C)OC(=O)N1[C@@H]([C@H](C=O)OCc2ccccc2)COC1(C)C. The molecule has 0 bridgehead atoms. The van der Waals surface area contributed by atoms with Gasteiger partial charge in [0, 0.05) is 0 Å². The molecule has 2 atom stereocenters. The Morgan fingerprint density at radius 2 is 2.00 bits per heavy atom. The van der Waals surface area contributed by atoms with Gasteiger partial charge in [0.15, 0.2) is 6.29 Å². The standard InChI is InChI=1S/C19H27NO5/c1-18(2,3)25-17(22)20-15(13-24-19(20,4)5)16(11-21)23-12-14-9-7-6-8-10-14/h6-11,15-16H,12-13H2,1-5H3/t15-,16+/m1/s1. The van der Waals surface area contributed by atoms with Gasteiger partial charge in [0.1, 0.15) is 17.4 Å². The molecular weight excluding hydrogens is 322 g/mol. The van der Waals surface area contributed by atoms with Crippen molar-refractivity contribution >= 4 is 12.4 Å². The molecule has 1 saturated heterocycles. The van der Waals surface area contributed by atoms with Gasteiger partial charge >= 0.3 is 6.09 Å². The first-order valence-electron chi connectivity index (χ1n) is 8.41. The van der Waals surface area contributed by atoms with Crippen molar-refractivity contribution in [2.45, 2.75) is 64.7 Å². The molecule has 1 aromatic carbocycles. The van der Waals surface area contributed by atoms with Gasteiger partial charge in [-0.3, -0.25) is 4.90 Å². The summed E-state index contributed by atoms with van der Waals surface area (Å²) >= 11 is 0. The van der Waals surface area contributed by atoms with Crippen LogP contribution in [0.1, 0.15) is 40.2 Å². The summed E-state index contributed by atoms with van der Waals surface area (Å²) < 4.78 is 17.0. The maximum absolute atomic E-state index is 12.6. The van der Waals surface area contributed by atoms with Crippen LogP contribution in [0.25, 0.3) is 0 Å². The van der Waals surface area contributed by atoms with E-state index < -0.39 is 29.6 Å². The van der Waals surface area contributed by atoms with Gasteiger partial charge in [-0.05, 0) is 40.2 Å². The third-order valence-electron chi connectivity index (χ3n) is 3.91. The van der Waals surface area contributed by atoms with E-state index >= 15 is 0 Å². The smallest absolute Gasteiger partial charge is 0.413 e. The van der Waals surface area contributed by atoms with Crippen molar-refractivity contribution in [1.29, 1.82) is 0 Å². The summed E-state index contributed by atoms with van der Waals surface area (Å²) in [5, 5.41) is 0. The number of carbonyl (C=O) groups excluding carboxylic acids is 2. The van der Waals surface area contributed by atoms with Crippen molar-refractivity contribution in [1.82, 2.24) is 4.90 Å². The summed E-state index contributed by atoms with van der Waals surface area (Å²) in [5.41, 5.74) is -0.553. The Kier molecular flexibility index (Phi) is 5.85. The molecule has 0 saturated carbocycles. The number of amides is 1. The maximum Gasteiger partial charge on any atom is 0.413 e. The van der Waals surface area contributed by atoms with E-state index in [4.69, 9.17) is 14.2 Å². The Morgan fingerprint density at radius 3 is 2.56 bits per heavy atom. The summed E-state index contributed by atoms with van der Waals surface area (Å²) in [6.07, 6.45) is -0.597. The van der Waals surface area contributed by atoms with E-state index in [1.54, 1.807) is 34.6 Å². The van der Waals surface area contributed by atoms with Crippen molar-refractivity contribution in [2.24, 2.45) is 0 Å². The predicted molar refractivity (Wildman–Crippen MR) is 93.0 cm³/mol. The van der Waals surface area contributed by atoms with Crippen LogP contribution >= 0.6 is 0 Å². The van der Waals surface area contributed by atoms with E-state index in [1.807, 2.05) is 30.3 Å². The molecule has 0 aromatic heterocycles. The van der Waals surface area contributed by atoms with Gasteiger partial charge in [-0.25, -0.2) is 4.79 Å². The third-order valence-corrected chi connectivity index (χ3v) is 3.91. The molecule has 1 aliphatic rings. The first-order valence-corrected chi connectivity index (χ1v) is 8.41. The molecule has 0 N–H and O–H groups in total. The van der Waals surface area contributed by atoms with Gasteiger partial charge in [0.2, 0.25) is 0 Å². The lowest BCUT2D eigenvalue weighted by Gasteiger charge is -2.36. The summed E-state index contributed by atoms with van der Waals surface area (Å²) in [6.45, 7) is 9.44. The van der Waals surface area contributed by atoms with Crippen LogP contribution in [0.4, 0.5) is 4.79 Å². The topological polar surface area (TPSA) is 65.1 Å². The number of hydrogen-bond donors (Lipinski definition) is 0. The van der Waals surface area contributed by atoms with E-state index in [1.165, 1.54) is 4.90 Å². The molecular formula is C19H27NO5. The average Bonchev–Trinajstić information content (AvgIpc) is 2.83. The lowest BCUT2D eigenvalue weighted by Crippen LogP contribution is -2.54. The van der Waals surface area contributed by atoms with Gasteiger partial charge < -0.3 is 19.0 Å². The molecule has 1 aliphatic heterocycles. The number of carbonyl (C=O) groups is 2. The van der Waals surface area contributed by atoms with E-state index in [-0.39, 0.29) is 13.2 Å². The Hall–Kier alpha value is -1.92. The quantitative estimate of drug-likeness (QED) is 0.764. The van der Waals surface area contributed by atoms with Crippen molar-refractivity contribution in [3.8, 4) is 0 Å². The van der Waals surface area contributed by atoms with Gasteiger partial charge in [0.05, 0.1) is 19.3 Å².